The molecule has 0 aromatic rings. The summed E-state index contributed by atoms with van der Waals surface area (Å²) in [5.74, 6) is -6.44. The molecule has 5 saturated heterocycles. The number of carboxylic acid groups (broad SMARTS) is 1. The van der Waals surface area contributed by atoms with E-state index in [9.17, 15) is 29.7 Å². The van der Waals surface area contributed by atoms with Gasteiger partial charge in [0, 0.05) is 43.4 Å². The Balaban J connectivity index is 1.26. The summed E-state index contributed by atoms with van der Waals surface area (Å²) in [6, 6.07) is 0. The first-order valence-corrected chi connectivity index (χ1v) is 20.1. The highest BCUT2D eigenvalue weighted by atomic mass is 16.7. The summed E-state index contributed by atoms with van der Waals surface area (Å²) in [6.45, 7) is 18.7. The molecule has 0 bridgehead atoms. The second-order valence-corrected chi connectivity index (χ2v) is 17.7. The fourth-order valence-corrected chi connectivity index (χ4v) is 9.93. The van der Waals surface area contributed by atoms with Gasteiger partial charge >= 0.3 is 17.9 Å². The fourth-order valence-electron chi connectivity index (χ4n) is 9.93. The third-order valence-corrected chi connectivity index (χ3v) is 13.4. The lowest BCUT2D eigenvalue weighted by molar-refractivity contribution is -0.335. The number of hydrogen-bond acceptors (Lipinski definition) is 12. The Morgan fingerprint density at radius 1 is 0.887 bits per heavy atom. The number of carbonyl (C=O) groups excluding carboxylic acids is 2. The summed E-state index contributed by atoms with van der Waals surface area (Å²) < 4.78 is 44.8. The molecular formula is C40H66O13. The number of hydrogen-bond donors (Lipinski definition) is 3. The van der Waals surface area contributed by atoms with Gasteiger partial charge in [0.05, 0.1) is 53.7 Å². The van der Waals surface area contributed by atoms with Crippen molar-refractivity contribution in [3.8, 4) is 0 Å². The van der Waals surface area contributed by atoms with Crippen LogP contribution in [-0.2, 0) is 47.5 Å². The second-order valence-electron chi connectivity index (χ2n) is 17.7. The minimum atomic E-state index is -1.59. The third-order valence-electron chi connectivity index (χ3n) is 13.4. The molecule has 5 rings (SSSR count). The van der Waals surface area contributed by atoms with Crippen LogP contribution in [0.1, 0.15) is 127 Å². The quantitative estimate of drug-likeness (QED) is 0.223. The molecule has 1 spiro atoms. The average Bonchev–Trinajstić information content (AvgIpc) is 3.81. The van der Waals surface area contributed by atoms with Crippen molar-refractivity contribution in [2.24, 2.45) is 35.5 Å². The molecule has 0 aliphatic carbocycles. The number of carbonyl (C=O) groups is 3. The SMILES string of the molecule is CCC(=O)OC[C@@]1(O)O[C@@H]([C@H]2C[C@H](C)[C@H]([C@]3(C)CC[C@H]([C@]4(C)CC[C@]5(C[C@H](O)[C@@H](C)[C@@H]([C@@H](C)[C@@H](OC(=O)CC)[C@H](C)C(=O)O)O5)O4)O3)O2)[C@H](C)C[C@@H]1C. The van der Waals surface area contributed by atoms with Crippen LogP contribution in [0.15, 0.2) is 0 Å². The summed E-state index contributed by atoms with van der Waals surface area (Å²) in [4.78, 5) is 36.3. The van der Waals surface area contributed by atoms with Gasteiger partial charge in [-0.2, -0.15) is 0 Å². The Labute approximate surface area is 315 Å². The smallest absolute Gasteiger partial charge is 0.309 e. The van der Waals surface area contributed by atoms with Crippen LogP contribution in [0.3, 0.4) is 0 Å². The molecule has 0 aromatic heterocycles. The lowest BCUT2D eigenvalue weighted by atomic mass is 9.78. The maximum atomic E-state index is 12.4. The monoisotopic (exact) mass is 754 g/mol. The molecule has 3 N–H and O–H groups in total. The van der Waals surface area contributed by atoms with Gasteiger partial charge in [0.25, 0.3) is 0 Å². The summed E-state index contributed by atoms with van der Waals surface area (Å²) in [6.07, 6.45) is 1.18. The second kappa shape index (κ2) is 15.9. The van der Waals surface area contributed by atoms with E-state index in [0.717, 1.165) is 19.3 Å². The molecule has 304 valence electrons. The Kier molecular flexibility index (Phi) is 12.7. The largest absolute Gasteiger partial charge is 0.481 e. The predicted octanol–water partition coefficient (Wildman–Crippen LogP) is 5.15. The normalized spacial score (nSPS) is 46.2. The molecule has 0 amide bonds. The minimum absolute atomic E-state index is 0.115. The maximum absolute atomic E-state index is 12.4. The van der Waals surface area contributed by atoms with Gasteiger partial charge in [0.1, 0.15) is 12.7 Å². The number of ether oxygens (including phenoxy) is 7. The van der Waals surface area contributed by atoms with E-state index in [-0.39, 0.29) is 79.9 Å². The first kappa shape index (κ1) is 42.3. The van der Waals surface area contributed by atoms with Gasteiger partial charge < -0.3 is 48.5 Å². The Morgan fingerprint density at radius 3 is 2.21 bits per heavy atom. The molecule has 0 unspecified atom stereocenters. The van der Waals surface area contributed by atoms with Crippen LogP contribution >= 0.6 is 0 Å². The van der Waals surface area contributed by atoms with Gasteiger partial charge in [0.15, 0.2) is 5.79 Å². The van der Waals surface area contributed by atoms with E-state index in [1.807, 2.05) is 27.7 Å². The van der Waals surface area contributed by atoms with Crippen LogP contribution in [-0.4, -0.2) is 105 Å². The van der Waals surface area contributed by atoms with E-state index in [4.69, 9.17) is 33.2 Å². The van der Waals surface area contributed by atoms with Crippen molar-refractivity contribution in [3.05, 3.63) is 0 Å². The maximum Gasteiger partial charge on any atom is 0.309 e. The van der Waals surface area contributed by atoms with Gasteiger partial charge in [-0.3, -0.25) is 14.4 Å². The Hall–Kier alpha value is -1.87. The van der Waals surface area contributed by atoms with Crippen molar-refractivity contribution in [2.45, 2.75) is 193 Å². The van der Waals surface area contributed by atoms with Gasteiger partial charge in [-0.1, -0.05) is 48.5 Å². The number of aliphatic carboxylic acids is 1. The number of aliphatic hydroxyl groups is 2. The van der Waals surface area contributed by atoms with E-state index in [2.05, 4.69) is 20.8 Å². The number of rotatable bonds is 12. The molecule has 5 aliphatic rings. The van der Waals surface area contributed by atoms with Crippen LogP contribution in [0.25, 0.3) is 0 Å². The first-order chi connectivity index (χ1) is 24.7. The molecule has 53 heavy (non-hydrogen) atoms. The zero-order valence-corrected chi connectivity index (χ0v) is 33.5. The molecule has 0 radical (unpaired) electrons. The molecule has 0 saturated carbocycles. The number of aliphatic hydroxyl groups excluding tert-OH is 1. The molecule has 5 aliphatic heterocycles. The number of carboxylic acids is 1. The van der Waals surface area contributed by atoms with E-state index in [0.29, 0.717) is 19.3 Å². The molecule has 0 aromatic carbocycles. The van der Waals surface area contributed by atoms with E-state index < -0.39 is 64.9 Å². The molecule has 5 heterocycles. The lowest BCUT2D eigenvalue weighted by Crippen LogP contribution is -2.57. The van der Waals surface area contributed by atoms with Gasteiger partial charge in [-0.25, -0.2) is 0 Å². The van der Waals surface area contributed by atoms with Crippen LogP contribution < -0.4 is 0 Å². The standard InChI is InChI=1S/C40H66O13/c1-11-30(42)47-20-40(46)23(5)17-21(3)32(52-40)28-18-22(4)35(48-28)38(10)14-13-29(50-38)37(9)15-16-39(53-37)19-27(41)24(6)34(51-39)25(7)33(26(8)36(44)45)49-31(43)12-2/h21-29,32-35,41,46H,11-20H2,1-10H3,(H,44,45)/t21-,22+,23+,24-,25+,26+,27+,28-,29-,32-,33-,34+,35-,37+,38+,39-,40-/m1/s1. The average molecular weight is 755 g/mol. The Bertz CT molecular complexity index is 1330. The van der Waals surface area contributed by atoms with Crippen LogP contribution in [0, 0.1) is 35.5 Å². The summed E-state index contributed by atoms with van der Waals surface area (Å²) in [7, 11) is 0. The van der Waals surface area contributed by atoms with E-state index in [1.54, 1.807) is 13.8 Å². The van der Waals surface area contributed by atoms with Crippen molar-refractivity contribution in [1.29, 1.82) is 0 Å². The Morgan fingerprint density at radius 2 is 1.57 bits per heavy atom. The number of esters is 2. The van der Waals surface area contributed by atoms with Crippen LogP contribution in [0.4, 0.5) is 0 Å². The van der Waals surface area contributed by atoms with Gasteiger partial charge in [-0.05, 0) is 64.7 Å². The van der Waals surface area contributed by atoms with E-state index in [1.165, 1.54) is 6.92 Å². The molecular weight excluding hydrogens is 688 g/mol. The first-order valence-electron chi connectivity index (χ1n) is 20.1. The highest BCUT2D eigenvalue weighted by molar-refractivity contribution is 5.73. The van der Waals surface area contributed by atoms with Crippen molar-refractivity contribution in [3.63, 3.8) is 0 Å². The van der Waals surface area contributed by atoms with Gasteiger partial charge in [-0.15, -0.1) is 0 Å². The highest BCUT2D eigenvalue weighted by Crippen LogP contribution is 2.54. The fraction of sp³-hybridized carbons (Fsp3) is 0.925. The third kappa shape index (κ3) is 8.46. The molecule has 13 nitrogen and oxygen atoms in total. The molecule has 17 atom stereocenters. The van der Waals surface area contributed by atoms with E-state index >= 15 is 0 Å². The van der Waals surface area contributed by atoms with Crippen molar-refractivity contribution in [1.82, 2.24) is 0 Å². The van der Waals surface area contributed by atoms with Crippen LogP contribution in [0.2, 0.25) is 0 Å². The topological polar surface area (TPSA) is 177 Å². The van der Waals surface area contributed by atoms with Crippen LogP contribution in [0.5, 0.6) is 0 Å². The summed E-state index contributed by atoms with van der Waals surface area (Å²) >= 11 is 0. The van der Waals surface area contributed by atoms with Crippen molar-refractivity contribution >= 4 is 17.9 Å². The summed E-state index contributed by atoms with van der Waals surface area (Å²) in [5.41, 5.74) is -1.33. The summed E-state index contributed by atoms with van der Waals surface area (Å²) in [5, 5.41) is 32.6. The van der Waals surface area contributed by atoms with Gasteiger partial charge in [0.2, 0.25) is 5.79 Å². The highest BCUT2D eigenvalue weighted by Gasteiger charge is 2.62. The zero-order valence-electron chi connectivity index (χ0n) is 33.5. The minimum Gasteiger partial charge on any atom is -0.481 e. The van der Waals surface area contributed by atoms with Crippen molar-refractivity contribution < 1.29 is 62.9 Å². The lowest BCUT2D eigenvalue weighted by Gasteiger charge is -2.48. The molecule has 13 heteroatoms. The zero-order chi connectivity index (χ0) is 39.3. The van der Waals surface area contributed by atoms with Crippen molar-refractivity contribution in [2.75, 3.05) is 6.61 Å². The predicted molar refractivity (Wildman–Crippen MR) is 191 cm³/mol. The molecule has 5 fully saturated rings.